The number of fused-ring (bicyclic) bond motifs is 1. The molecular formula is C20H27N3O2. The summed E-state index contributed by atoms with van der Waals surface area (Å²) in [5.74, 6) is 1.16. The fourth-order valence-electron chi connectivity index (χ4n) is 4.23. The first-order valence-corrected chi connectivity index (χ1v) is 9.57. The monoisotopic (exact) mass is 341 g/mol. The van der Waals surface area contributed by atoms with Gasteiger partial charge < -0.3 is 15.5 Å². The van der Waals surface area contributed by atoms with Gasteiger partial charge in [-0.2, -0.15) is 0 Å². The maximum absolute atomic E-state index is 12.0. The van der Waals surface area contributed by atoms with Crippen LogP contribution in [0.25, 0.3) is 0 Å². The minimum Gasteiger partial charge on any atom is -0.339 e. The molecule has 2 N–H and O–H groups in total. The highest BCUT2D eigenvalue weighted by molar-refractivity contribution is 5.79. The lowest BCUT2D eigenvalue weighted by molar-refractivity contribution is -0.128. The van der Waals surface area contributed by atoms with Crippen molar-refractivity contribution in [1.82, 2.24) is 15.5 Å². The molecule has 1 aromatic rings. The Morgan fingerprint density at radius 3 is 2.44 bits per heavy atom. The first-order chi connectivity index (χ1) is 12.2. The van der Waals surface area contributed by atoms with Crippen LogP contribution in [0.1, 0.15) is 36.8 Å². The minimum atomic E-state index is -0.104. The summed E-state index contributed by atoms with van der Waals surface area (Å²) in [6, 6.07) is 9.01. The molecule has 1 aliphatic heterocycles. The predicted octanol–water partition coefficient (Wildman–Crippen LogP) is 2.10. The second kappa shape index (κ2) is 7.06. The topological polar surface area (TPSA) is 61.4 Å². The summed E-state index contributed by atoms with van der Waals surface area (Å²) in [6.07, 6.45) is 6.15. The molecule has 0 bridgehead atoms. The summed E-state index contributed by atoms with van der Waals surface area (Å²) in [5, 5.41) is 5.91. The van der Waals surface area contributed by atoms with Crippen molar-refractivity contribution < 1.29 is 9.59 Å². The van der Waals surface area contributed by atoms with Crippen LogP contribution < -0.4 is 10.6 Å². The van der Waals surface area contributed by atoms with Crippen molar-refractivity contribution in [2.75, 3.05) is 19.6 Å². The van der Waals surface area contributed by atoms with Crippen molar-refractivity contribution in [3.05, 3.63) is 35.4 Å². The number of carbonyl (C=O) groups excluding carboxylic acids is 2. The third kappa shape index (κ3) is 3.97. The lowest BCUT2D eigenvalue weighted by atomic mass is 10.0. The van der Waals surface area contributed by atoms with Crippen molar-refractivity contribution in [3.63, 3.8) is 0 Å². The molecule has 1 heterocycles. The number of carbonyl (C=O) groups is 2. The molecule has 134 valence electrons. The van der Waals surface area contributed by atoms with Crippen LogP contribution >= 0.6 is 0 Å². The van der Waals surface area contributed by atoms with E-state index >= 15 is 0 Å². The van der Waals surface area contributed by atoms with Gasteiger partial charge in [0.15, 0.2) is 0 Å². The fourth-order valence-corrected chi connectivity index (χ4v) is 4.23. The zero-order chi connectivity index (χ0) is 17.2. The molecule has 1 aromatic carbocycles. The van der Waals surface area contributed by atoms with Gasteiger partial charge in [0.2, 0.25) is 5.91 Å². The number of nitrogens with zero attached hydrogens (tertiary/aromatic N) is 1. The van der Waals surface area contributed by atoms with E-state index in [9.17, 15) is 9.59 Å². The molecule has 0 aromatic heterocycles. The van der Waals surface area contributed by atoms with Crippen LogP contribution in [-0.4, -0.2) is 42.5 Å². The molecule has 1 saturated carbocycles. The zero-order valence-electron chi connectivity index (χ0n) is 14.7. The van der Waals surface area contributed by atoms with Crippen molar-refractivity contribution >= 4 is 11.9 Å². The Hall–Kier alpha value is -2.04. The Morgan fingerprint density at radius 1 is 1.04 bits per heavy atom. The fraction of sp³-hybridized carbons (Fsp3) is 0.600. The number of benzene rings is 1. The number of hydrogen-bond acceptors (Lipinski definition) is 2. The van der Waals surface area contributed by atoms with Crippen molar-refractivity contribution in [2.45, 2.75) is 44.6 Å². The van der Waals surface area contributed by atoms with Crippen LogP contribution in [0.2, 0.25) is 0 Å². The third-order valence-corrected chi connectivity index (χ3v) is 5.75. The van der Waals surface area contributed by atoms with Crippen molar-refractivity contribution in [1.29, 1.82) is 0 Å². The second-order valence-corrected chi connectivity index (χ2v) is 7.82. The Balaban J connectivity index is 1.12. The van der Waals surface area contributed by atoms with E-state index in [2.05, 4.69) is 34.9 Å². The molecule has 3 amide bonds. The zero-order valence-corrected chi connectivity index (χ0v) is 14.7. The van der Waals surface area contributed by atoms with Crippen LogP contribution in [0, 0.1) is 11.8 Å². The number of likely N-dealkylation sites (tertiary alicyclic amines) is 1. The highest BCUT2D eigenvalue weighted by Gasteiger charge is 2.39. The third-order valence-electron chi connectivity index (χ3n) is 5.75. The van der Waals surface area contributed by atoms with Gasteiger partial charge in [0.05, 0.1) is 0 Å². The highest BCUT2D eigenvalue weighted by Crippen LogP contribution is 2.32. The molecule has 2 aliphatic carbocycles. The van der Waals surface area contributed by atoms with Crippen LogP contribution in [0.5, 0.6) is 0 Å². The van der Waals surface area contributed by atoms with E-state index in [1.165, 1.54) is 11.1 Å². The average molecular weight is 341 g/mol. The minimum absolute atomic E-state index is 0.104. The molecule has 1 unspecified atom stereocenters. The lowest BCUT2D eigenvalue weighted by Crippen LogP contribution is -2.39. The normalized spacial score (nSPS) is 23.0. The second-order valence-electron chi connectivity index (χ2n) is 7.82. The summed E-state index contributed by atoms with van der Waals surface area (Å²) < 4.78 is 0. The molecule has 2 fully saturated rings. The highest BCUT2D eigenvalue weighted by atomic mass is 16.2. The van der Waals surface area contributed by atoms with E-state index in [0.717, 1.165) is 38.6 Å². The molecule has 5 heteroatoms. The molecular weight excluding hydrogens is 314 g/mol. The van der Waals surface area contributed by atoms with Gasteiger partial charge in [-0.1, -0.05) is 24.3 Å². The Kier molecular flexibility index (Phi) is 4.64. The van der Waals surface area contributed by atoms with Crippen molar-refractivity contribution in [2.24, 2.45) is 11.8 Å². The van der Waals surface area contributed by atoms with Gasteiger partial charge in [0.25, 0.3) is 0 Å². The molecule has 4 rings (SSSR count). The molecule has 5 nitrogen and oxygen atoms in total. The molecule has 1 atom stereocenters. The van der Waals surface area contributed by atoms with Gasteiger partial charge in [0, 0.05) is 38.0 Å². The standard InChI is InChI=1S/C20H27N3O2/c24-19-11-15(13-23(19)18-5-6-18)12-22-20(25)21-8-7-14-9-16-3-1-2-4-17(16)10-14/h1-4,14-15,18H,5-13H2,(H2,21,22,25). The first kappa shape index (κ1) is 16.4. The van der Waals surface area contributed by atoms with E-state index in [1.807, 2.05) is 4.90 Å². The largest absolute Gasteiger partial charge is 0.339 e. The summed E-state index contributed by atoms with van der Waals surface area (Å²) in [4.78, 5) is 25.9. The molecule has 0 radical (unpaired) electrons. The van der Waals surface area contributed by atoms with Crippen molar-refractivity contribution in [3.8, 4) is 0 Å². The number of hydrogen-bond donors (Lipinski definition) is 2. The average Bonchev–Trinajstić information content (AvgIpc) is 3.25. The van der Waals surface area contributed by atoms with E-state index in [1.54, 1.807) is 0 Å². The maximum atomic E-state index is 12.0. The summed E-state index contributed by atoms with van der Waals surface area (Å²) in [7, 11) is 0. The van der Waals surface area contributed by atoms with E-state index < -0.39 is 0 Å². The number of amides is 3. The Morgan fingerprint density at radius 2 is 1.76 bits per heavy atom. The molecule has 3 aliphatic rings. The van der Waals surface area contributed by atoms with E-state index in [-0.39, 0.29) is 17.9 Å². The van der Waals surface area contributed by atoms with Gasteiger partial charge in [-0.05, 0) is 49.1 Å². The summed E-state index contributed by atoms with van der Waals surface area (Å²) >= 11 is 0. The number of rotatable bonds is 6. The Labute approximate surface area is 149 Å². The quantitative estimate of drug-likeness (QED) is 0.832. The summed E-state index contributed by atoms with van der Waals surface area (Å²) in [6.45, 7) is 2.11. The molecule has 25 heavy (non-hydrogen) atoms. The van der Waals surface area contributed by atoms with Gasteiger partial charge in [-0.25, -0.2) is 4.79 Å². The SMILES string of the molecule is O=C(NCCC1Cc2ccccc2C1)NCC1CC(=O)N(C2CC2)C1. The van der Waals surface area contributed by atoms with Gasteiger partial charge in [-0.3, -0.25) is 4.79 Å². The number of nitrogens with one attached hydrogen (secondary N) is 2. The smallest absolute Gasteiger partial charge is 0.314 e. The predicted molar refractivity (Wildman–Crippen MR) is 96.2 cm³/mol. The lowest BCUT2D eigenvalue weighted by Gasteiger charge is -2.16. The molecule has 1 saturated heterocycles. The van der Waals surface area contributed by atoms with E-state index in [4.69, 9.17) is 0 Å². The van der Waals surface area contributed by atoms with Crippen LogP contribution in [0.4, 0.5) is 4.79 Å². The van der Waals surface area contributed by atoms with Gasteiger partial charge in [-0.15, -0.1) is 0 Å². The van der Waals surface area contributed by atoms with Crippen LogP contribution in [0.3, 0.4) is 0 Å². The first-order valence-electron chi connectivity index (χ1n) is 9.57. The summed E-state index contributed by atoms with van der Waals surface area (Å²) in [5.41, 5.74) is 2.92. The van der Waals surface area contributed by atoms with Crippen LogP contribution in [-0.2, 0) is 17.6 Å². The molecule has 0 spiro atoms. The number of urea groups is 1. The maximum Gasteiger partial charge on any atom is 0.314 e. The van der Waals surface area contributed by atoms with E-state index in [0.29, 0.717) is 31.5 Å². The Bertz CT molecular complexity index is 631. The van der Waals surface area contributed by atoms with Gasteiger partial charge >= 0.3 is 6.03 Å². The van der Waals surface area contributed by atoms with Gasteiger partial charge in [0.1, 0.15) is 0 Å². The van der Waals surface area contributed by atoms with Crippen LogP contribution in [0.15, 0.2) is 24.3 Å².